The van der Waals surface area contributed by atoms with Gasteiger partial charge in [0.2, 0.25) is 0 Å². The van der Waals surface area contributed by atoms with E-state index in [1.807, 2.05) is 0 Å². The van der Waals surface area contributed by atoms with Gasteiger partial charge in [0.25, 0.3) is 5.91 Å². The number of amides is 1. The summed E-state index contributed by atoms with van der Waals surface area (Å²) in [4.78, 5) is 11.7. The highest BCUT2D eigenvalue weighted by atomic mass is 16.1. The molecule has 0 aromatic carbocycles. The van der Waals surface area contributed by atoms with Gasteiger partial charge in [-0.25, -0.2) is 0 Å². The number of carbonyl (C=O) groups is 1. The fraction of sp³-hybridized carbons (Fsp3) is 0.750. The number of aromatic nitrogens is 3. The van der Waals surface area contributed by atoms with E-state index in [0.717, 1.165) is 18.4 Å². The SMILES string of the molecule is O=C(NC[C@H]1CC[C@@H]2CCC[C@@H]21)c1cn[nH]n1. The standard InChI is InChI=1S/C12H18N4O/c17-12(11-7-14-16-15-11)13-6-9-5-4-8-2-1-3-10(8)9/h7-10H,1-6H2,(H,13,17)(H,14,15,16)/t8-,9+,10-/m0/s1. The van der Waals surface area contributed by atoms with Crippen molar-refractivity contribution in [3.05, 3.63) is 11.9 Å². The summed E-state index contributed by atoms with van der Waals surface area (Å²) >= 11 is 0. The summed E-state index contributed by atoms with van der Waals surface area (Å²) in [7, 11) is 0. The van der Waals surface area contributed by atoms with Crippen LogP contribution in [0.2, 0.25) is 0 Å². The molecule has 1 heterocycles. The second kappa shape index (κ2) is 4.47. The van der Waals surface area contributed by atoms with Gasteiger partial charge in [-0.15, -0.1) is 0 Å². The normalized spacial score (nSPS) is 31.4. The Morgan fingerprint density at radius 3 is 3.18 bits per heavy atom. The molecule has 0 saturated heterocycles. The van der Waals surface area contributed by atoms with E-state index in [4.69, 9.17) is 0 Å². The second-order valence-electron chi connectivity index (χ2n) is 5.26. The molecule has 17 heavy (non-hydrogen) atoms. The minimum atomic E-state index is -0.111. The molecule has 3 atom stereocenters. The number of nitrogens with zero attached hydrogens (tertiary/aromatic N) is 2. The van der Waals surface area contributed by atoms with Crippen LogP contribution in [-0.2, 0) is 0 Å². The van der Waals surface area contributed by atoms with Gasteiger partial charge in [0.15, 0.2) is 5.69 Å². The topological polar surface area (TPSA) is 70.7 Å². The Morgan fingerprint density at radius 2 is 2.35 bits per heavy atom. The number of rotatable bonds is 3. The predicted molar refractivity (Wildman–Crippen MR) is 62.3 cm³/mol. The van der Waals surface area contributed by atoms with Crippen molar-refractivity contribution in [1.82, 2.24) is 20.7 Å². The number of carbonyl (C=O) groups excluding carboxylic acids is 1. The van der Waals surface area contributed by atoms with Crippen LogP contribution in [0.4, 0.5) is 0 Å². The Kier molecular flexibility index (Phi) is 2.82. The molecule has 1 amide bonds. The highest BCUT2D eigenvalue weighted by Crippen LogP contribution is 2.47. The van der Waals surface area contributed by atoms with Crippen molar-refractivity contribution in [3.63, 3.8) is 0 Å². The smallest absolute Gasteiger partial charge is 0.273 e. The van der Waals surface area contributed by atoms with Crippen LogP contribution in [0.3, 0.4) is 0 Å². The molecule has 2 fully saturated rings. The molecule has 2 aliphatic carbocycles. The van der Waals surface area contributed by atoms with Crippen molar-refractivity contribution in [2.75, 3.05) is 6.54 Å². The van der Waals surface area contributed by atoms with E-state index in [1.54, 1.807) is 0 Å². The summed E-state index contributed by atoms with van der Waals surface area (Å²) < 4.78 is 0. The predicted octanol–water partition coefficient (Wildman–Crippen LogP) is 1.36. The van der Waals surface area contributed by atoms with Crippen molar-refractivity contribution in [2.24, 2.45) is 17.8 Å². The Bertz CT molecular complexity index is 389. The van der Waals surface area contributed by atoms with E-state index in [0.29, 0.717) is 11.6 Å². The summed E-state index contributed by atoms with van der Waals surface area (Å²) in [6, 6.07) is 0. The molecule has 0 bridgehead atoms. The quantitative estimate of drug-likeness (QED) is 0.829. The Morgan fingerprint density at radius 1 is 1.41 bits per heavy atom. The maximum Gasteiger partial charge on any atom is 0.273 e. The minimum absolute atomic E-state index is 0.111. The van der Waals surface area contributed by atoms with Crippen LogP contribution in [0, 0.1) is 17.8 Å². The van der Waals surface area contributed by atoms with Crippen LogP contribution in [0.5, 0.6) is 0 Å². The molecule has 2 N–H and O–H groups in total. The van der Waals surface area contributed by atoms with Crippen molar-refractivity contribution < 1.29 is 4.79 Å². The first-order chi connectivity index (χ1) is 8.34. The van der Waals surface area contributed by atoms with E-state index in [-0.39, 0.29) is 5.91 Å². The zero-order valence-electron chi connectivity index (χ0n) is 9.85. The molecule has 0 unspecified atom stereocenters. The van der Waals surface area contributed by atoms with Crippen molar-refractivity contribution in [1.29, 1.82) is 0 Å². The molecule has 2 saturated carbocycles. The zero-order valence-corrected chi connectivity index (χ0v) is 9.85. The van der Waals surface area contributed by atoms with Gasteiger partial charge in [0.05, 0.1) is 6.20 Å². The minimum Gasteiger partial charge on any atom is -0.350 e. The first kappa shape index (κ1) is 10.7. The van der Waals surface area contributed by atoms with Crippen LogP contribution >= 0.6 is 0 Å². The molecule has 1 aromatic rings. The number of nitrogens with one attached hydrogen (secondary N) is 2. The van der Waals surface area contributed by atoms with Crippen LogP contribution in [0.1, 0.15) is 42.6 Å². The average Bonchev–Trinajstić information content (AvgIpc) is 3.03. The first-order valence-electron chi connectivity index (χ1n) is 6.48. The van der Waals surface area contributed by atoms with Gasteiger partial charge in [0.1, 0.15) is 0 Å². The first-order valence-corrected chi connectivity index (χ1v) is 6.48. The van der Waals surface area contributed by atoms with Crippen LogP contribution < -0.4 is 5.32 Å². The van der Waals surface area contributed by atoms with Gasteiger partial charge in [-0.3, -0.25) is 4.79 Å². The van der Waals surface area contributed by atoms with Gasteiger partial charge >= 0.3 is 0 Å². The van der Waals surface area contributed by atoms with E-state index in [2.05, 4.69) is 20.7 Å². The fourth-order valence-electron chi connectivity index (χ4n) is 3.57. The van der Waals surface area contributed by atoms with E-state index in [9.17, 15) is 4.79 Å². The fourth-order valence-corrected chi connectivity index (χ4v) is 3.57. The van der Waals surface area contributed by atoms with Gasteiger partial charge in [-0.2, -0.15) is 15.4 Å². The summed E-state index contributed by atoms with van der Waals surface area (Å²) in [5, 5.41) is 12.9. The lowest BCUT2D eigenvalue weighted by Gasteiger charge is -2.18. The van der Waals surface area contributed by atoms with E-state index >= 15 is 0 Å². The number of hydrogen-bond acceptors (Lipinski definition) is 3. The number of hydrogen-bond donors (Lipinski definition) is 2. The molecule has 5 nitrogen and oxygen atoms in total. The Balaban J connectivity index is 1.53. The third kappa shape index (κ3) is 2.06. The highest BCUT2D eigenvalue weighted by Gasteiger charge is 2.38. The molecular formula is C12H18N4O. The third-order valence-corrected chi connectivity index (χ3v) is 4.40. The van der Waals surface area contributed by atoms with Crippen LogP contribution in [-0.4, -0.2) is 27.9 Å². The van der Waals surface area contributed by atoms with Crippen LogP contribution in [0.15, 0.2) is 6.20 Å². The van der Waals surface area contributed by atoms with E-state index in [1.165, 1.54) is 38.3 Å². The number of aromatic amines is 1. The van der Waals surface area contributed by atoms with Crippen molar-refractivity contribution in [2.45, 2.75) is 32.1 Å². The maximum absolute atomic E-state index is 11.7. The van der Waals surface area contributed by atoms with Crippen molar-refractivity contribution in [3.8, 4) is 0 Å². The molecule has 0 aliphatic heterocycles. The summed E-state index contributed by atoms with van der Waals surface area (Å²) in [5.74, 6) is 2.36. The lowest BCUT2D eigenvalue weighted by Crippen LogP contribution is -2.31. The van der Waals surface area contributed by atoms with Gasteiger partial charge < -0.3 is 5.32 Å². The lowest BCUT2D eigenvalue weighted by atomic mass is 9.92. The number of H-pyrrole nitrogens is 1. The zero-order chi connectivity index (χ0) is 11.7. The maximum atomic E-state index is 11.7. The largest absolute Gasteiger partial charge is 0.350 e. The van der Waals surface area contributed by atoms with Crippen molar-refractivity contribution >= 4 is 5.91 Å². The number of fused-ring (bicyclic) bond motifs is 1. The molecule has 5 heteroatoms. The van der Waals surface area contributed by atoms with E-state index < -0.39 is 0 Å². The molecule has 1 aromatic heterocycles. The molecule has 0 radical (unpaired) electrons. The Hall–Kier alpha value is -1.39. The second-order valence-corrected chi connectivity index (χ2v) is 5.26. The molecule has 92 valence electrons. The molecule has 2 aliphatic rings. The monoisotopic (exact) mass is 234 g/mol. The average molecular weight is 234 g/mol. The summed E-state index contributed by atoms with van der Waals surface area (Å²) in [6.07, 6.45) is 8.22. The summed E-state index contributed by atoms with van der Waals surface area (Å²) in [5.41, 5.74) is 0.381. The molecule has 0 spiro atoms. The molecule has 3 rings (SSSR count). The Labute approximate surface area is 100 Å². The van der Waals surface area contributed by atoms with Crippen LogP contribution in [0.25, 0.3) is 0 Å². The van der Waals surface area contributed by atoms with Gasteiger partial charge in [0, 0.05) is 6.54 Å². The third-order valence-electron chi connectivity index (χ3n) is 4.40. The lowest BCUT2D eigenvalue weighted by molar-refractivity contribution is 0.0938. The van der Waals surface area contributed by atoms with Gasteiger partial charge in [-0.1, -0.05) is 12.8 Å². The summed E-state index contributed by atoms with van der Waals surface area (Å²) in [6.45, 7) is 0.798. The van der Waals surface area contributed by atoms with Gasteiger partial charge in [-0.05, 0) is 37.0 Å². The molecular weight excluding hydrogens is 216 g/mol. The highest BCUT2D eigenvalue weighted by molar-refractivity contribution is 5.91.